The van der Waals surface area contributed by atoms with Crippen molar-refractivity contribution in [2.75, 3.05) is 0 Å². The van der Waals surface area contributed by atoms with E-state index in [0.29, 0.717) is 10.6 Å². The summed E-state index contributed by atoms with van der Waals surface area (Å²) in [7, 11) is 0. The Balaban J connectivity index is 2.23. The lowest BCUT2D eigenvalue weighted by atomic mass is 10.2. The standard InChI is InChI=1S/C13H7FN2O2S/c14-8-5-6-9(11(7-8)16(17)18)13-15-10-3-1-2-4-12(10)19-13/h1-7H. The highest BCUT2D eigenvalue weighted by Crippen LogP contribution is 2.35. The molecule has 0 fully saturated rings. The Kier molecular flexibility index (Phi) is 2.72. The molecule has 0 radical (unpaired) electrons. The number of nitrogens with zero attached hydrogens (tertiary/aromatic N) is 2. The highest BCUT2D eigenvalue weighted by atomic mass is 32.1. The number of fused-ring (bicyclic) bond motifs is 1. The summed E-state index contributed by atoms with van der Waals surface area (Å²) in [6, 6.07) is 11.0. The van der Waals surface area contributed by atoms with E-state index in [9.17, 15) is 14.5 Å². The number of para-hydroxylation sites is 1. The third kappa shape index (κ3) is 2.06. The van der Waals surface area contributed by atoms with Crippen molar-refractivity contribution >= 4 is 27.2 Å². The number of hydrogen-bond donors (Lipinski definition) is 0. The molecule has 6 heteroatoms. The van der Waals surface area contributed by atoms with Crippen LogP contribution in [0.25, 0.3) is 20.8 Å². The van der Waals surface area contributed by atoms with Crippen molar-refractivity contribution in [1.82, 2.24) is 4.98 Å². The van der Waals surface area contributed by atoms with Gasteiger partial charge < -0.3 is 0 Å². The topological polar surface area (TPSA) is 56.0 Å². The van der Waals surface area contributed by atoms with Gasteiger partial charge in [0.25, 0.3) is 5.69 Å². The highest BCUT2D eigenvalue weighted by Gasteiger charge is 2.19. The molecule has 0 saturated carbocycles. The molecule has 3 aromatic rings. The monoisotopic (exact) mass is 274 g/mol. The van der Waals surface area contributed by atoms with Crippen molar-refractivity contribution in [3.63, 3.8) is 0 Å². The fourth-order valence-electron chi connectivity index (χ4n) is 1.82. The largest absolute Gasteiger partial charge is 0.282 e. The Hall–Kier alpha value is -2.34. The van der Waals surface area contributed by atoms with E-state index in [4.69, 9.17) is 0 Å². The maximum atomic E-state index is 13.1. The van der Waals surface area contributed by atoms with Gasteiger partial charge in [-0.05, 0) is 24.3 Å². The van der Waals surface area contributed by atoms with Crippen LogP contribution in [0.2, 0.25) is 0 Å². The first kappa shape index (κ1) is 11.7. The summed E-state index contributed by atoms with van der Waals surface area (Å²) < 4.78 is 14.0. The summed E-state index contributed by atoms with van der Waals surface area (Å²) in [6.07, 6.45) is 0. The summed E-state index contributed by atoms with van der Waals surface area (Å²) in [5.41, 5.74) is 0.854. The molecule has 0 N–H and O–H groups in total. The van der Waals surface area contributed by atoms with E-state index < -0.39 is 10.7 Å². The predicted molar refractivity (Wildman–Crippen MR) is 71.7 cm³/mol. The van der Waals surface area contributed by atoms with Crippen LogP contribution in [0, 0.1) is 15.9 Å². The molecule has 2 aromatic carbocycles. The van der Waals surface area contributed by atoms with Gasteiger partial charge >= 0.3 is 0 Å². The van der Waals surface area contributed by atoms with Crippen LogP contribution in [0.5, 0.6) is 0 Å². The molecule has 0 atom stereocenters. The molecule has 0 spiro atoms. The van der Waals surface area contributed by atoms with Gasteiger partial charge in [0.05, 0.1) is 26.8 Å². The first-order valence-electron chi connectivity index (χ1n) is 5.45. The molecule has 94 valence electrons. The quantitative estimate of drug-likeness (QED) is 0.524. The zero-order chi connectivity index (χ0) is 13.4. The van der Waals surface area contributed by atoms with Crippen molar-refractivity contribution in [2.45, 2.75) is 0 Å². The fraction of sp³-hybridized carbons (Fsp3) is 0. The summed E-state index contributed by atoms with van der Waals surface area (Å²) >= 11 is 1.35. The van der Waals surface area contributed by atoms with Gasteiger partial charge in [-0.3, -0.25) is 10.1 Å². The van der Waals surface area contributed by atoms with Crippen LogP contribution in [-0.2, 0) is 0 Å². The van der Waals surface area contributed by atoms with Gasteiger partial charge in [-0.15, -0.1) is 11.3 Å². The summed E-state index contributed by atoms with van der Waals surface area (Å²) in [6.45, 7) is 0. The normalized spacial score (nSPS) is 10.8. The molecule has 0 aliphatic rings. The highest BCUT2D eigenvalue weighted by molar-refractivity contribution is 7.21. The number of aromatic nitrogens is 1. The number of hydrogen-bond acceptors (Lipinski definition) is 4. The second-order valence-corrected chi connectivity index (χ2v) is 4.94. The van der Waals surface area contributed by atoms with Crippen LogP contribution in [0.3, 0.4) is 0 Å². The van der Waals surface area contributed by atoms with Crippen molar-refractivity contribution in [3.8, 4) is 10.6 Å². The molecule has 19 heavy (non-hydrogen) atoms. The van der Waals surface area contributed by atoms with E-state index in [0.717, 1.165) is 16.3 Å². The van der Waals surface area contributed by atoms with E-state index >= 15 is 0 Å². The van der Waals surface area contributed by atoms with Crippen LogP contribution in [0.15, 0.2) is 42.5 Å². The minimum atomic E-state index is -0.628. The number of benzene rings is 2. The molecule has 0 aliphatic heterocycles. The average molecular weight is 274 g/mol. The first-order chi connectivity index (χ1) is 9.15. The lowest BCUT2D eigenvalue weighted by molar-refractivity contribution is -0.384. The van der Waals surface area contributed by atoms with E-state index in [1.165, 1.54) is 23.5 Å². The SMILES string of the molecule is O=[N+]([O-])c1cc(F)ccc1-c1nc2ccccc2s1. The minimum absolute atomic E-state index is 0.265. The molecule has 0 unspecified atom stereocenters. The lowest BCUT2D eigenvalue weighted by Gasteiger charge is -1.98. The maximum Gasteiger partial charge on any atom is 0.282 e. The van der Waals surface area contributed by atoms with Crippen LogP contribution < -0.4 is 0 Å². The van der Waals surface area contributed by atoms with Crippen LogP contribution in [0.4, 0.5) is 10.1 Å². The molecule has 0 amide bonds. The van der Waals surface area contributed by atoms with Crippen LogP contribution in [-0.4, -0.2) is 9.91 Å². The molecule has 3 rings (SSSR count). The summed E-state index contributed by atoms with van der Waals surface area (Å²) in [5.74, 6) is -0.628. The van der Waals surface area contributed by atoms with Gasteiger partial charge in [0.15, 0.2) is 0 Å². The van der Waals surface area contributed by atoms with Gasteiger partial charge in [-0.25, -0.2) is 9.37 Å². The number of halogens is 1. The summed E-state index contributed by atoms with van der Waals surface area (Å²) in [5, 5.41) is 11.5. The second-order valence-electron chi connectivity index (χ2n) is 3.91. The third-order valence-corrected chi connectivity index (χ3v) is 3.75. The van der Waals surface area contributed by atoms with Crippen LogP contribution in [0.1, 0.15) is 0 Å². The van der Waals surface area contributed by atoms with E-state index in [1.807, 2.05) is 24.3 Å². The Morgan fingerprint density at radius 2 is 2.00 bits per heavy atom. The van der Waals surface area contributed by atoms with Gasteiger partial charge in [0, 0.05) is 0 Å². The number of thiazole rings is 1. The van der Waals surface area contributed by atoms with Gasteiger partial charge in [0.1, 0.15) is 10.8 Å². The number of rotatable bonds is 2. The van der Waals surface area contributed by atoms with Gasteiger partial charge in [0.2, 0.25) is 0 Å². The molecular weight excluding hydrogens is 267 g/mol. The molecule has 0 saturated heterocycles. The Bertz CT molecular complexity index is 752. The molecule has 1 heterocycles. The second kappa shape index (κ2) is 4.40. The average Bonchev–Trinajstić information content (AvgIpc) is 2.82. The first-order valence-corrected chi connectivity index (χ1v) is 6.27. The Labute approximate surface area is 111 Å². The minimum Gasteiger partial charge on any atom is -0.258 e. The van der Waals surface area contributed by atoms with Crippen molar-refractivity contribution in [3.05, 3.63) is 58.4 Å². The molecule has 1 aromatic heterocycles. The molecule has 4 nitrogen and oxygen atoms in total. The van der Waals surface area contributed by atoms with Gasteiger partial charge in [-0.1, -0.05) is 12.1 Å². The van der Waals surface area contributed by atoms with Gasteiger partial charge in [-0.2, -0.15) is 0 Å². The fourth-order valence-corrected chi connectivity index (χ4v) is 2.82. The van der Waals surface area contributed by atoms with E-state index in [-0.39, 0.29) is 5.69 Å². The van der Waals surface area contributed by atoms with E-state index in [2.05, 4.69) is 4.98 Å². The van der Waals surface area contributed by atoms with Crippen molar-refractivity contribution in [2.24, 2.45) is 0 Å². The zero-order valence-corrected chi connectivity index (χ0v) is 10.4. The number of nitro groups is 1. The van der Waals surface area contributed by atoms with Crippen molar-refractivity contribution in [1.29, 1.82) is 0 Å². The molecule has 0 aliphatic carbocycles. The smallest absolute Gasteiger partial charge is 0.258 e. The lowest BCUT2D eigenvalue weighted by Crippen LogP contribution is -1.92. The zero-order valence-electron chi connectivity index (χ0n) is 9.54. The Morgan fingerprint density at radius 1 is 1.21 bits per heavy atom. The molecular formula is C13H7FN2O2S. The Morgan fingerprint density at radius 3 is 2.74 bits per heavy atom. The maximum absolute atomic E-state index is 13.1. The molecule has 0 bridgehead atoms. The van der Waals surface area contributed by atoms with Crippen LogP contribution >= 0.6 is 11.3 Å². The van der Waals surface area contributed by atoms with E-state index in [1.54, 1.807) is 0 Å². The predicted octanol–water partition coefficient (Wildman–Crippen LogP) is 4.01. The number of nitro benzene ring substituents is 1. The summed E-state index contributed by atoms with van der Waals surface area (Å²) in [4.78, 5) is 14.7. The third-order valence-electron chi connectivity index (χ3n) is 2.68. The van der Waals surface area contributed by atoms with Crippen molar-refractivity contribution < 1.29 is 9.31 Å².